The van der Waals surface area contributed by atoms with Gasteiger partial charge in [0.05, 0.1) is 0 Å². The Balaban J connectivity index is 1.84. The van der Waals surface area contributed by atoms with Gasteiger partial charge in [0.15, 0.2) is 11.6 Å². The third-order valence-corrected chi connectivity index (χ3v) is 4.28. The fraction of sp³-hybridized carbons (Fsp3) is 0.562. The third-order valence-electron chi connectivity index (χ3n) is 4.28. The van der Waals surface area contributed by atoms with E-state index in [2.05, 4.69) is 0 Å². The van der Waals surface area contributed by atoms with Crippen molar-refractivity contribution in [2.24, 2.45) is 11.7 Å². The number of nitrogens with two attached hydrogens (primary N) is 1. The van der Waals surface area contributed by atoms with Crippen molar-refractivity contribution < 1.29 is 13.6 Å². The minimum Gasteiger partial charge on any atom is -0.343 e. The highest BCUT2D eigenvalue weighted by molar-refractivity contribution is 5.76. The summed E-state index contributed by atoms with van der Waals surface area (Å²) < 4.78 is 26.6. The summed E-state index contributed by atoms with van der Waals surface area (Å²) >= 11 is 0. The molecule has 1 heterocycles. The van der Waals surface area contributed by atoms with E-state index in [4.69, 9.17) is 5.73 Å². The van der Waals surface area contributed by atoms with Gasteiger partial charge in [0.2, 0.25) is 5.91 Å². The molecule has 0 aromatic heterocycles. The number of hydrogen-bond donors (Lipinski definition) is 1. The van der Waals surface area contributed by atoms with Crippen LogP contribution in [0.2, 0.25) is 0 Å². The molecule has 0 spiro atoms. The number of piperidine rings is 1. The van der Waals surface area contributed by atoms with Gasteiger partial charge in [-0.1, -0.05) is 12.1 Å². The van der Waals surface area contributed by atoms with Crippen LogP contribution in [-0.2, 0) is 11.2 Å². The third kappa shape index (κ3) is 4.00. The van der Waals surface area contributed by atoms with Crippen molar-refractivity contribution in [3.8, 4) is 0 Å². The number of nitrogens with zero attached hydrogens (tertiary/aromatic N) is 1. The Morgan fingerprint density at radius 1 is 1.38 bits per heavy atom. The lowest BCUT2D eigenvalue weighted by molar-refractivity contribution is -0.132. The van der Waals surface area contributed by atoms with Crippen molar-refractivity contribution in [1.29, 1.82) is 0 Å². The number of carbonyl (C=O) groups is 1. The lowest BCUT2D eigenvalue weighted by atomic mass is 9.91. The van der Waals surface area contributed by atoms with Gasteiger partial charge < -0.3 is 10.6 Å². The molecule has 1 atom stereocenters. The van der Waals surface area contributed by atoms with Crippen molar-refractivity contribution in [1.82, 2.24) is 4.90 Å². The molecule has 0 aliphatic carbocycles. The molecule has 1 aliphatic heterocycles. The maximum atomic E-state index is 13.5. The van der Waals surface area contributed by atoms with Crippen molar-refractivity contribution >= 4 is 5.91 Å². The second-order valence-electron chi connectivity index (χ2n) is 5.79. The molecule has 1 amide bonds. The monoisotopic (exact) mass is 296 g/mol. The molecule has 3 nitrogen and oxygen atoms in total. The second-order valence-corrected chi connectivity index (χ2v) is 5.79. The predicted octanol–water partition coefficient (Wildman–Crippen LogP) is 2.48. The van der Waals surface area contributed by atoms with Crippen LogP contribution in [0, 0.1) is 17.6 Å². The number of hydrogen-bond acceptors (Lipinski definition) is 2. The number of amides is 1. The van der Waals surface area contributed by atoms with Crippen LogP contribution >= 0.6 is 0 Å². The van der Waals surface area contributed by atoms with Gasteiger partial charge in [-0.2, -0.15) is 0 Å². The molecule has 1 aliphatic rings. The zero-order valence-corrected chi connectivity index (χ0v) is 12.3. The number of likely N-dealkylation sites (tertiary alicyclic amines) is 1. The summed E-state index contributed by atoms with van der Waals surface area (Å²) in [6, 6.07) is 4.23. The topological polar surface area (TPSA) is 46.3 Å². The van der Waals surface area contributed by atoms with Crippen LogP contribution in [0.5, 0.6) is 0 Å². The molecule has 2 N–H and O–H groups in total. The Hall–Kier alpha value is -1.49. The number of aryl methyl sites for hydroxylation is 1. The molecule has 1 aromatic carbocycles. The lowest BCUT2D eigenvalue weighted by Gasteiger charge is -2.33. The standard InChI is InChI=1S/C16H22F2N2O/c1-11(19)12-7-9-20(10-8-12)15(21)6-5-13-3-2-4-14(17)16(13)18/h2-4,11-12H,5-10,19H2,1H3. The highest BCUT2D eigenvalue weighted by Crippen LogP contribution is 2.21. The molecule has 0 bridgehead atoms. The van der Waals surface area contributed by atoms with E-state index < -0.39 is 11.6 Å². The van der Waals surface area contributed by atoms with E-state index in [1.165, 1.54) is 12.1 Å². The summed E-state index contributed by atoms with van der Waals surface area (Å²) in [5.74, 6) is -1.24. The van der Waals surface area contributed by atoms with Crippen LogP contribution in [0.1, 0.15) is 31.7 Å². The van der Waals surface area contributed by atoms with Crippen LogP contribution in [0.4, 0.5) is 8.78 Å². The molecule has 1 fully saturated rings. The maximum absolute atomic E-state index is 13.5. The predicted molar refractivity (Wildman–Crippen MR) is 77.6 cm³/mol. The van der Waals surface area contributed by atoms with E-state index in [0.29, 0.717) is 19.0 Å². The maximum Gasteiger partial charge on any atom is 0.222 e. The zero-order chi connectivity index (χ0) is 15.4. The average Bonchev–Trinajstić information content (AvgIpc) is 2.48. The SMILES string of the molecule is CC(N)C1CCN(C(=O)CCc2cccc(F)c2F)CC1. The van der Waals surface area contributed by atoms with Gasteiger partial charge in [0.25, 0.3) is 0 Å². The van der Waals surface area contributed by atoms with Gasteiger partial charge in [-0.25, -0.2) is 8.78 Å². The summed E-state index contributed by atoms with van der Waals surface area (Å²) in [5.41, 5.74) is 6.13. The Labute approximate surface area is 124 Å². The molecule has 1 aromatic rings. The number of benzene rings is 1. The minimum atomic E-state index is -0.863. The van der Waals surface area contributed by atoms with Crippen LogP contribution in [0.15, 0.2) is 18.2 Å². The van der Waals surface area contributed by atoms with Gasteiger partial charge in [-0.15, -0.1) is 0 Å². The molecule has 2 rings (SSSR count). The first-order valence-electron chi connectivity index (χ1n) is 7.45. The smallest absolute Gasteiger partial charge is 0.222 e. The first-order chi connectivity index (χ1) is 9.99. The molecular weight excluding hydrogens is 274 g/mol. The summed E-state index contributed by atoms with van der Waals surface area (Å²) in [5, 5.41) is 0. The van der Waals surface area contributed by atoms with Crippen LogP contribution in [-0.4, -0.2) is 29.9 Å². The molecule has 0 saturated carbocycles. The first-order valence-corrected chi connectivity index (χ1v) is 7.45. The van der Waals surface area contributed by atoms with Gasteiger partial charge in [0.1, 0.15) is 0 Å². The zero-order valence-electron chi connectivity index (χ0n) is 12.3. The fourth-order valence-corrected chi connectivity index (χ4v) is 2.82. The van der Waals surface area contributed by atoms with E-state index in [0.717, 1.165) is 18.9 Å². The van der Waals surface area contributed by atoms with E-state index in [-0.39, 0.29) is 30.4 Å². The summed E-state index contributed by atoms with van der Waals surface area (Å²) in [7, 11) is 0. The van der Waals surface area contributed by atoms with E-state index in [1.54, 1.807) is 4.90 Å². The van der Waals surface area contributed by atoms with E-state index >= 15 is 0 Å². The Bertz CT molecular complexity index is 497. The number of halogens is 2. The quantitative estimate of drug-likeness (QED) is 0.928. The molecular formula is C16H22F2N2O. The molecule has 1 unspecified atom stereocenters. The largest absolute Gasteiger partial charge is 0.343 e. The van der Waals surface area contributed by atoms with Crippen LogP contribution < -0.4 is 5.73 Å². The summed E-state index contributed by atoms with van der Waals surface area (Å²) in [6.45, 7) is 3.40. The Kier molecular flexibility index (Phi) is 5.28. The molecule has 1 saturated heterocycles. The van der Waals surface area contributed by atoms with E-state index in [1.807, 2.05) is 6.92 Å². The highest BCUT2D eigenvalue weighted by Gasteiger charge is 2.24. The van der Waals surface area contributed by atoms with Crippen molar-refractivity contribution in [3.63, 3.8) is 0 Å². The second kappa shape index (κ2) is 6.98. The average molecular weight is 296 g/mol. The first kappa shape index (κ1) is 15.9. The molecule has 5 heteroatoms. The molecule has 21 heavy (non-hydrogen) atoms. The normalized spacial score (nSPS) is 17.8. The Morgan fingerprint density at radius 2 is 2.05 bits per heavy atom. The molecule has 116 valence electrons. The molecule has 0 radical (unpaired) electrons. The summed E-state index contributed by atoms with van der Waals surface area (Å²) in [6.07, 6.45) is 2.27. The van der Waals surface area contributed by atoms with Crippen molar-refractivity contribution in [2.75, 3.05) is 13.1 Å². The Morgan fingerprint density at radius 3 is 2.67 bits per heavy atom. The number of rotatable bonds is 4. The van der Waals surface area contributed by atoms with Gasteiger partial charge in [-0.05, 0) is 43.7 Å². The van der Waals surface area contributed by atoms with Crippen LogP contribution in [0.3, 0.4) is 0 Å². The lowest BCUT2D eigenvalue weighted by Crippen LogP contribution is -2.42. The van der Waals surface area contributed by atoms with Gasteiger partial charge >= 0.3 is 0 Å². The number of carbonyl (C=O) groups excluding carboxylic acids is 1. The van der Waals surface area contributed by atoms with Crippen molar-refractivity contribution in [3.05, 3.63) is 35.4 Å². The van der Waals surface area contributed by atoms with Gasteiger partial charge in [0, 0.05) is 25.6 Å². The van der Waals surface area contributed by atoms with Gasteiger partial charge in [-0.3, -0.25) is 4.79 Å². The summed E-state index contributed by atoms with van der Waals surface area (Å²) in [4.78, 5) is 13.9. The minimum absolute atomic E-state index is 0.00165. The highest BCUT2D eigenvalue weighted by atomic mass is 19.2. The van der Waals surface area contributed by atoms with Crippen LogP contribution in [0.25, 0.3) is 0 Å². The van der Waals surface area contributed by atoms with E-state index in [9.17, 15) is 13.6 Å². The fourth-order valence-electron chi connectivity index (χ4n) is 2.82. The van der Waals surface area contributed by atoms with Crippen molar-refractivity contribution in [2.45, 2.75) is 38.6 Å².